The molecule has 0 amide bonds. The zero-order chi connectivity index (χ0) is 25.0. The number of quaternary nitrogens is 1. The molecule has 0 unspecified atom stereocenters. The third kappa shape index (κ3) is 6.46. The van der Waals surface area contributed by atoms with E-state index in [-0.39, 0.29) is 34.8 Å². The number of hydrogen-bond acceptors (Lipinski definition) is 5. The molecule has 3 aromatic carbocycles. The third-order valence-electron chi connectivity index (χ3n) is 7.65. The Bertz CT molecular complexity index is 1180. The number of hydrogen-bond donors (Lipinski definition) is 1. The molecule has 1 N–H and O–H groups in total. The van der Waals surface area contributed by atoms with E-state index in [1.807, 2.05) is 91.2 Å². The zero-order valence-electron chi connectivity index (χ0n) is 21.0. The lowest BCUT2D eigenvalue weighted by Crippen LogP contribution is -3.00. The van der Waals surface area contributed by atoms with Gasteiger partial charge in [-0.2, -0.15) is 0 Å². The summed E-state index contributed by atoms with van der Waals surface area (Å²) in [5, 5.41) is 3.37. The molecule has 3 aliphatic heterocycles. The maximum absolute atomic E-state index is 13.5. The van der Waals surface area contributed by atoms with Crippen molar-refractivity contribution < 1.29 is 35.8 Å². The number of thioether (sulfide) groups is 1. The zero-order valence-corrected chi connectivity index (χ0v) is 23.4. The Balaban J connectivity index is 0.00000320. The number of nitrogens with one attached hydrogen (secondary N) is 1. The number of Topliss-reactive ketones (excluding diaryl/α,β-unsaturated/α-hetero) is 1. The summed E-state index contributed by atoms with van der Waals surface area (Å²) >= 11 is 1.67. The van der Waals surface area contributed by atoms with Gasteiger partial charge in [0.15, 0.2) is 12.1 Å². The number of benzene rings is 3. The monoisotopic (exact) mass is 580 g/mol. The van der Waals surface area contributed by atoms with Crippen LogP contribution in [0.1, 0.15) is 34.8 Å². The van der Waals surface area contributed by atoms with Crippen LogP contribution in [-0.4, -0.2) is 54.8 Å². The number of nitrogens with zero attached hydrogens (tertiary/aromatic N) is 1. The Morgan fingerprint density at radius 2 is 1.57 bits per heavy atom. The fourth-order valence-corrected chi connectivity index (χ4v) is 6.00. The quantitative estimate of drug-likeness (QED) is 0.182. The molecule has 3 heterocycles. The van der Waals surface area contributed by atoms with Gasteiger partial charge in [0.2, 0.25) is 5.78 Å². The van der Waals surface area contributed by atoms with Gasteiger partial charge in [-0.05, 0) is 36.1 Å². The van der Waals surface area contributed by atoms with Gasteiger partial charge in [-0.3, -0.25) is 4.79 Å². The number of carbonyl (C=O) groups excluding carboxylic acids is 2. The number of piperidine rings is 3. The highest BCUT2D eigenvalue weighted by Gasteiger charge is 2.49. The minimum absolute atomic E-state index is 0. The number of ether oxygens (including phenoxy) is 1. The van der Waals surface area contributed by atoms with Gasteiger partial charge in [-0.1, -0.05) is 60.7 Å². The molecule has 0 saturated carbocycles. The van der Waals surface area contributed by atoms with E-state index in [4.69, 9.17) is 4.74 Å². The fourth-order valence-electron chi connectivity index (χ4n) is 5.59. The number of ketones is 1. The number of carbonyl (C=O) groups is 2. The minimum Gasteiger partial charge on any atom is -1.00 e. The van der Waals surface area contributed by atoms with Crippen LogP contribution in [0.4, 0.5) is 5.69 Å². The molecule has 37 heavy (non-hydrogen) atoms. The number of rotatable bonds is 9. The van der Waals surface area contributed by atoms with E-state index in [1.54, 1.807) is 11.8 Å². The lowest BCUT2D eigenvalue weighted by molar-refractivity contribution is -0.938. The molecule has 3 aromatic rings. The highest BCUT2D eigenvalue weighted by atomic mass is 79.9. The van der Waals surface area contributed by atoms with Crippen LogP contribution in [0.25, 0.3) is 0 Å². The van der Waals surface area contributed by atoms with Crippen molar-refractivity contribution in [3.63, 3.8) is 0 Å². The summed E-state index contributed by atoms with van der Waals surface area (Å²) in [6, 6.07) is 26.8. The lowest BCUT2D eigenvalue weighted by atomic mass is 9.82. The van der Waals surface area contributed by atoms with Crippen LogP contribution in [0.15, 0.2) is 89.8 Å². The summed E-state index contributed by atoms with van der Waals surface area (Å²) in [6.45, 7) is 3.11. The van der Waals surface area contributed by atoms with Crippen molar-refractivity contribution in [2.45, 2.75) is 29.9 Å². The average molecular weight is 582 g/mol. The van der Waals surface area contributed by atoms with Crippen LogP contribution in [0.5, 0.6) is 0 Å². The molecule has 7 heteroatoms. The van der Waals surface area contributed by atoms with E-state index in [0.717, 1.165) is 47.6 Å². The predicted molar refractivity (Wildman–Crippen MR) is 144 cm³/mol. The molecule has 0 radical (unpaired) electrons. The van der Waals surface area contributed by atoms with Gasteiger partial charge < -0.3 is 31.5 Å². The van der Waals surface area contributed by atoms with E-state index >= 15 is 0 Å². The Kier molecular flexibility index (Phi) is 9.11. The largest absolute Gasteiger partial charge is 1.00 e. The van der Waals surface area contributed by atoms with E-state index in [2.05, 4.69) is 5.32 Å². The van der Waals surface area contributed by atoms with Crippen LogP contribution >= 0.6 is 11.8 Å². The smallest absolute Gasteiger partial charge is 0.333 e. The molecule has 3 saturated heterocycles. The molecular formula is C30H33BrN2O3S. The van der Waals surface area contributed by atoms with Gasteiger partial charge in [-0.15, -0.1) is 11.8 Å². The van der Waals surface area contributed by atoms with Crippen molar-refractivity contribution in [2.24, 2.45) is 5.92 Å². The molecule has 6 rings (SSSR count). The topological polar surface area (TPSA) is 55.4 Å². The summed E-state index contributed by atoms with van der Waals surface area (Å²) in [7, 11) is 0. The lowest BCUT2D eigenvalue weighted by Gasteiger charge is -2.51. The SMILES string of the molecule is CSc1ccc(C(=O)C[N+]23CCC(CC2)[C@@H](OC(=O)[C@H](Nc2ccccc2)c2ccccc2)C3)cc1.[Br-]. The fraction of sp³-hybridized carbons (Fsp3) is 0.333. The molecular weight excluding hydrogens is 548 g/mol. The summed E-state index contributed by atoms with van der Waals surface area (Å²) in [5.41, 5.74) is 2.51. The molecule has 2 bridgehead atoms. The van der Waals surface area contributed by atoms with E-state index < -0.39 is 6.04 Å². The standard InChI is InChI=1S/C30H33N2O3S.BrH/c1-36-26-14-12-22(13-15-26)27(33)20-32-18-16-23(17-19-32)28(21-32)35-30(34)29(24-8-4-2-5-9-24)31-25-10-6-3-7-11-25;/h2-15,23,28-29,31H,16-21H2,1H3;1H/q+1;/p-1/t23?,28-,29+,32?;/m0./s1. The third-order valence-corrected chi connectivity index (χ3v) is 8.40. The van der Waals surface area contributed by atoms with Crippen molar-refractivity contribution in [3.05, 3.63) is 96.1 Å². The van der Waals surface area contributed by atoms with E-state index in [9.17, 15) is 9.59 Å². The predicted octanol–water partition coefficient (Wildman–Crippen LogP) is 2.60. The van der Waals surface area contributed by atoms with Crippen molar-refractivity contribution in [3.8, 4) is 0 Å². The van der Waals surface area contributed by atoms with Gasteiger partial charge in [0, 0.05) is 34.9 Å². The molecule has 2 atom stereocenters. The van der Waals surface area contributed by atoms with Gasteiger partial charge in [0.05, 0.1) is 13.1 Å². The Labute approximate surface area is 234 Å². The van der Waals surface area contributed by atoms with Crippen LogP contribution in [-0.2, 0) is 9.53 Å². The Morgan fingerprint density at radius 3 is 2.19 bits per heavy atom. The number of anilines is 1. The maximum Gasteiger partial charge on any atom is 0.333 e. The van der Waals surface area contributed by atoms with E-state index in [1.165, 1.54) is 0 Å². The van der Waals surface area contributed by atoms with Crippen molar-refractivity contribution in [1.29, 1.82) is 0 Å². The average Bonchev–Trinajstić information content (AvgIpc) is 2.93. The second kappa shape index (κ2) is 12.3. The van der Waals surface area contributed by atoms with Gasteiger partial charge in [0.25, 0.3) is 0 Å². The van der Waals surface area contributed by atoms with Crippen LogP contribution < -0.4 is 22.3 Å². The normalized spacial score (nSPS) is 22.9. The van der Waals surface area contributed by atoms with Crippen LogP contribution in [0.2, 0.25) is 0 Å². The number of fused-ring (bicyclic) bond motifs is 3. The summed E-state index contributed by atoms with van der Waals surface area (Å²) in [6.07, 6.45) is 3.83. The highest BCUT2D eigenvalue weighted by Crippen LogP contribution is 2.37. The first-order chi connectivity index (χ1) is 17.5. The summed E-state index contributed by atoms with van der Waals surface area (Å²) in [4.78, 5) is 27.9. The number of para-hydroxylation sites is 1. The van der Waals surface area contributed by atoms with Gasteiger partial charge in [-0.25, -0.2) is 4.79 Å². The first-order valence-electron chi connectivity index (χ1n) is 12.6. The summed E-state index contributed by atoms with van der Waals surface area (Å²) in [5.74, 6) is 0.264. The molecule has 0 aliphatic carbocycles. The molecule has 3 fully saturated rings. The van der Waals surface area contributed by atoms with Crippen molar-refractivity contribution in [2.75, 3.05) is 37.8 Å². The van der Waals surface area contributed by atoms with E-state index in [0.29, 0.717) is 23.5 Å². The molecule has 194 valence electrons. The molecule has 5 nitrogen and oxygen atoms in total. The molecule has 3 aliphatic rings. The number of esters is 1. The minimum atomic E-state index is -0.589. The maximum atomic E-state index is 13.5. The Hall–Kier alpha value is -2.61. The second-order valence-electron chi connectivity index (χ2n) is 9.95. The van der Waals surface area contributed by atoms with Crippen LogP contribution in [0, 0.1) is 5.92 Å². The van der Waals surface area contributed by atoms with Crippen molar-refractivity contribution >= 4 is 29.2 Å². The highest BCUT2D eigenvalue weighted by molar-refractivity contribution is 7.98. The van der Waals surface area contributed by atoms with Crippen LogP contribution in [0.3, 0.4) is 0 Å². The first-order valence-corrected chi connectivity index (χ1v) is 13.9. The van der Waals surface area contributed by atoms with Gasteiger partial charge in [0.1, 0.15) is 13.1 Å². The number of halogens is 1. The molecule has 0 spiro atoms. The summed E-state index contributed by atoms with van der Waals surface area (Å²) < 4.78 is 6.93. The van der Waals surface area contributed by atoms with Gasteiger partial charge >= 0.3 is 5.97 Å². The first kappa shape index (κ1) is 27.4. The molecule has 0 aromatic heterocycles. The van der Waals surface area contributed by atoms with Crippen molar-refractivity contribution in [1.82, 2.24) is 0 Å². The second-order valence-corrected chi connectivity index (χ2v) is 10.8. The Morgan fingerprint density at radius 1 is 0.946 bits per heavy atom.